The minimum absolute atomic E-state index is 0.0955. The van der Waals surface area contributed by atoms with E-state index in [2.05, 4.69) is 23.7 Å². The first-order valence-corrected chi connectivity index (χ1v) is 8.36. The van der Waals surface area contributed by atoms with Crippen molar-refractivity contribution in [1.82, 2.24) is 4.98 Å². The molecule has 0 saturated heterocycles. The number of aromatic hydroxyl groups is 1. The molecule has 2 aromatic carbocycles. The minimum atomic E-state index is -0.146. The van der Waals surface area contributed by atoms with Gasteiger partial charge in [-0.3, -0.25) is 4.79 Å². The van der Waals surface area contributed by atoms with E-state index in [1.807, 2.05) is 18.2 Å². The molecule has 0 radical (unpaired) electrons. The van der Waals surface area contributed by atoms with Gasteiger partial charge < -0.3 is 14.4 Å². The average molecular weight is 334 g/mol. The molecule has 25 heavy (non-hydrogen) atoms. The summed E-state index contributed by atoms with van der Waals surface area (Å²) in [5, 5.41) is 10.9. The second-order valence-electron chi connectivity index (χ2n) is 5.99. The highest BCUT2D eigenvalue weighted by molar-refractivity contribution is 5.97. The third-order valence-corrected chi connectivity index (χ3v) is 4.54. The van der Waals surface area contributed by atoms with Crippen LogP contribution < -0.4 is 10.3 Å². The molecular weight excluding hydrogens is 316 g/mol. The number of fused-ring (bicyclic) bond motifs is 4. The summed E-state index contributed by atoms with van der Waals surface area (Å²) in [5.74, 6) is 0.519. The highest BCUT2D eigenvalue weighted by Crippen LogP contribution is 2.32. The highest BCUT2D eigenvalue weighted by Gasteiger charge is 2.16. The van der Waals surface area contributed by atoms with Crippen LogP contribution in [-0.2, 0) is 0 Å². The Labute approximate surface area is 144 Å². The highest BCUT2D eigenvalue weighted by atomic mass is 16.3. The lowest BCUT2D eigenvalue weighted by atomic mass is 10.0. The van der Waals surface area contributed by atoms with E-state index in [4.69, 9.17) is 4.42 Å². The Morgan fingerprint density at radius 1 is 1.04 bits per heavy atom. The molecule has 2 aliphatic rings. The van der Waals surface area contributed by atoms with Gasteiger partial charge in [-0.25, -0.2) is 4.98 Å². The van der Waals surface area contributed by atoms with Crippen LogP contribution in [0.3, 0.4) is 0 Å². The van der Waals surface area contributed by atoms with E-state index in [1.54, 1.807) is 12.1 Å². The van der Waals surface area contributed by atoms with Gasteiger partial charge in [-0.1, -0.05) is 0 Å². The van der Waals surface area contributed by atoms with Crippen LogP contribution in [0.4, 0.5) is 5.69 Å². The van der Waals surface area contributed by atoms with Crippen molar-refractivity contribution >= 4 is 27.6 Å². The Hall–Kier alpha value is -3.08. The van der Waals surface area contributed by atoms with Crippen LogP contribution in [0.5, 0.6) is 5.75 Å². The first-order chi connectivity index (χ1) is 12.1. The van der Waals surface area contributed by atoms with Gasteiger partial charge in [0.2, 0.25) is 0 Å². The number of phenols is 1. The van der Waals surface area contributed by atoms with Gasteiger partial charge in [-0.2, -0.15) is 0 Å². The fourth-order valence-electron chi connectivity index (χ4n) is 3.24. The van der Waals surface area contributed by atoms with Crippen molar-refractivity contribution < 1.29 is 9.52 Å². The number of benzene rings is 3. The molecule has 0 aromatic heterocycles. The van der Waals surface area contributed by atoms with Gasteiger partial charge in [0.05, 0.1) is 0 Å². The number of anilines is 1. The van der Waals surface area contributed by atoms with Gasteiger partial charge in [0, 0.05) is 41.7 Å². The Bertz CT molecular complexity index is 1110. The molecule has 0 saturated carbocycles. The lowest BCUT2D eigenvalue weighted by molar-refractivity contribution is 0.476. The van der Waals surface area contributed by atoms with Gasteiger partial charge in [0.25, 0.3) is 0 Å². The summed E-state index contributed by atoms with van der Waals surface area (Å²) < 4.78 is 5.98. The molecule has 0 fully saturated rings. The molecule has 2 aromatic rings. The Morgan fingerprint density at radius 3 is 2.60 bits per heavy atom. The van der Waals surface area contributed by atoms with Crippen molar-refractivity contribution in [2.75, 3.05) is 18.0 Å². The van der Waals surface area contributed by atoms with Crippen LogP contribution in [0, 0.1) is 0 Å². The normalized spacial score (nSPS) is 11.4. The van der Waals surface area contributed by atoms with E-state index in [9.17, 15) is 9.90 Å². The summed E-state index contributed by atoms with van der Waals surface area (Å²) >= 11 is 0. The van der Waals surface area contributed by atoms with Gasteiger partial charge >= 0.3 is 0 Å². The van der Waals surface area contributed by atoms with Crippen molar-refractivity contribution in [3.63, 3.8) is 0 Å². The molecular formula is C20H18N2O3. The smallest absolute Gasteiger partial charge is 0.190 e. The van der Waals surface area contributed by atoms with Crippen molar-refractivity contribution in [2.24, 2.45) is 0 Å². The van der Waals surface area contributed by atoms with Crippen molar-refractivity contribution in [1.29, 1.82) is 0 Å². The van der Waals surface area contributed by atoms with Crippen molar-refractivity contribution in [2.45, 2.75) is 13.8 Å². The largest absolute Gasteiger partial charge is 0.508 e. The summed E-state index contributed by atoms with van der Waals surface area (Å²) in [4.78, 5) is 19.2. The number of nitrogens with zero attached hydrogens (tertiary/aromatic N) is 2. The van der Waals surface area contributed by atoms with Gasteiger partial charge in [-0.15, -0.1) is 0 Å². The number of phenolic OH excluding ortho intramolecular Hbond substituents is 1. The maximum Gasteiger partial charge on any atom is 0.190 e. The number of aromatic nitrogens is 1. The van der Waals surface area contributed by atoms with Crippen LogP contribution in [0.15, 0.2) is 51.7 Å². The van der Waals surface area contributed by atoms with E-state index in [0.717, 1.165) is 18.8 Å². The zero-order valence-corrected chi connectivity index (χ0v) is 14.1. The molecule has 0 unspecified atom stereocenters. The van der Waals surface area contributed by atoms with E-state index >= 15 is 0 Å². The Kier molecular flexibility index (Phi) is 3.57. The standard InChI is InChI=1S/C20H18N2O3/c1-3-22(4-2)12-5-8-16-18(9-12)25-19-11-17(24)14-7-6-13(23)10-15(14)20(19)21-16/h5-11,23H,3-4H2,1-2H3. The number of hydrogen-bond acceptors (Lipinski definition) is 5. The van der Waals surface area contributed by atoms with Crippen LogP contribution in [0.2, 0.25) is 0 Å². The molecule has 0 amide bonds. The third-order valence-electron chi connectivity index (χ3n) is 4.54. The molecule has 126 valence electrons. The second-order valence-corrected chi connectivity index (χ2v) is 5.99. The topological polar surface area (TPSA) is 66.6 Å². The minimum Gasteiger partial charge on any atom is -0.508 e. The summed E-state index contributed by atoms with van der Waals surface area (Å²) in [6.45, 7) is 6.01. The molecule has 1 heterocycles. The van der Waals surface area contributed by atoms with Crippen LogP contribution in [0.1, 0.15) is 13.8 Å². The van der Waals surface area contributed by atoms with E-state index < -0.39 is 0 Å². The molecule has 1 N–H and O–H groups in total. The fraction of sp³-hybridized carbons (Fsp3) is 0.200. The molecule has 5 nitrogen and oxygen atoms in total. The first-order valence-electron chi connectivity index (χ1n) is 8.36. The molecule has 1 aliphatic carbocycles. The third kappa shape index (κ3) is 2.48. The molecule has 0 bridgehead atoms. The molecule has 4 rings (SSSR count). The summed E-state index contributed by atoms with van der Waals surface area (Å²) in [6.07, 6.45) is 0. The maximum absolute atomic E-state index is 12.3. The van der Waals surface area contributed by atoms with E-state index in [-0.39, 0.29) is 11.2 Å². The predicted octanol–water partition coefficient (Wildman–Crippen LogP) is 4.00. The van der Waals surface area contributed by atoms with Crippen LogP contribution in [0.25, 0.3) is 33.3 Å². The lowest BCUT2D eigenvalue weighted by Gasteiger charge is -2.21. The summed E-state index contributed by atoms with van der Waals surface area (Å²) in [5.41, 5.74) is 2.84. The molecule has 0 atom stereocenters. The molecule has 5 heteroatoms. The summed E-state index contributed by atoms with van der Waals surface area (Å²) in [7, 11) is 0. The molecule has 1 aliphatic heterocycles. The first kappa shape index (κ1) is 15.4. The SMILES string of the molecule is CCN(CC)c1ccc2nc3c4cc(O)ccc4c(=O)cc-3oc2c1. The Balaban J connectivity index is 2.03. The quantitative estimate of drug-likeness (QED) is 0.453. The fourth-order valence-corrected chi connectivity index (χ4v) is 3.24. The van der Waals surface area contributed by atoms with Crippen molar-refractivity contribution in [3.05, 3.63) is 52.7 Å². The van der Waals surface area contributed by atoms with Crippen LogP contribution in [-0.4, -0.2) is 23.2 Å². The van der Waals surface area contributed by atoms with E-state index in [0.29, 0.717) is 33.3 Å². The van der Waals surface area contributed by atoms with Crippen LogP contribution >= 0.6 is 0 Å². The monoisotopic (exact) mass is 334 g/mol. The predicted molar refractivity (Wildman–Crippen MR) is 99.6 cm³/mol. The van der Waals surface area contributed by atoms with Gasteiger partial charge in [0.15, 0.2) is 16.8 Å². The second kappa shape index (κ2) is 5.77. The Morgan fingerprint density at radius 2 is 1.84 bits per heavy atom. The van der Waals surface area contributed by atoms with Gasteiger partial charge in [0.1, 0.15) is 17.0 Å². The molecule has 0 spiro atoms. The van der Waals surface area contributed by atoms with Crippen molar-refractivity contribution in [3.8, 4) is 17.2 Å². The average Bonchev–Trinajstić information content (AvgIpc) is 2.61. The zero-order valence-electron chi connectivity index (χ0n) is 14.1. The lowest BCUT2D eigenvalue weighted by Crippen LogP contribution is -2.21. The maximum atomic E-state index is 12.3. The number of hydrogen-bond donors (Lipinski definition) is 1. The summed E-state index contributed by atoms with van der Waals surface area (Å²) in [6, 6.07) is 12.0. The zero-order chi connectivity index (χ0) is 17.6. The van der Waals surface area contributed by atoms with E-state index in [1.165, 1.54) is 12.1 Å². The number of rotatable bonds is 3. The van der Waals surface area contributed by atoms with Gasteiger partial charge in [-0.05, 0) is 44.2 Å².